The van der Waals surface area contributed by atoms with E-state index < -0.39 is 0 Å². The third-order valence-corrected chi connectivity index (χ3v) is 3.09. The number of H-pyrrole nitrogens is 1. The predicted octanol–water partition coefficient (Wildman–Crippen LogP) is 3.73. The molecule has 0 unspecified atom stereocenters. The van der Waals surface area contributed by atoms with Gasteiger partial charge >= 0.3 is 0 Å². The molecule has 84 valence electrons. The van der Waals surface area contributed by atoms with Gasteiger partial charge in [-0.3, -0.25) is 0 Å². The van der Waals surface area contributed by atoms with Gasteiger partial charge in [-0.2, -0.15) is 0 Å². The van der Waals surface area contributed by atoms with E-state index in [1.165, 1.54) is 27.7 Å². The van der Waals surface area contributed by atoms with Crippen LogP contribution in [0.25, 0.3) is 22.0 Å². The Hall–Kier alpha value is -2.22. The SMILES string of the molecule is Cc1[nH]c2ccccc2c1-c1ccc(N)cc1. The van der Waals surface area contributed by atoms with Crippen LogP contribution in [0.2, 0.25) is 0 Å². The van der Waals surface area contributed by atoms with E-state index in [2.05, 4.69) is 42.2 Å². The first-order valence-corrected chi connectivity index (χ1v) is 5.69. The van der Waals surface area contributed by atoms with Gasteiger partial charge in [-0.05, 0) is 30.7 Å². The number of nitrogens with one attached hydrogen (secondary N) is 1. The molecule has 0 radical (unpaired) electrons. The van der Waals surface area contributed by atoms with Crippen molar-refractivity contribution in [1.29, 1.82) is 0 Å². The average molecular weight is 222 g/mol. The Morgan fingerprint density at radius 1 is 0.941 bits per heavy atom. The molecule has 3 N–H and O–H groups in total. The number of hydrogen-bond donors (Lipinski definition) is 2. The highest BCUT2D eigenvalue weighted by atomic mass is 14.7. The molecule has 0 fully saturated rings. The second-order valence-electron chi connectivity index (χ2n) is 4.29. The summed E-state index contributed by atoms with van der Waals surface area (Å²) in [6.07, 6.45) is 0. The van der Waals surface area contributed by atoms with Crippen LogP contribution in [0.5, 0.6) is 0 Å². The zero-order valence-electron chi connectivity index (χ0n) is 9.70. The standard InChI is InChI=1S/C15H14N2/c1-10-15(11-6-8-12(16)9-7-11)13-4-2-3-5-14(13)17-10/h2-9,17H,16H2,1H3. The average Bonchev–Trinajstić information content (AvgIpc) is 2.66. The number of aromatic nitrogens is 1. The molecule has 0 aliphatic rings. The lowest BCUT2D eigenvalue weighted by Crippen LogP contribution is -1.84. The molecule has 0 saturated heterocycles. The molecule has 3 aromatic rings. The van der Waals surface area contributed by atoms with E-state index in [1.807, 2.05) is 18.2 Å². The summed E-state index contributed by atoms with van der Waals surface area (Å²) in [6.45, 7) is 2.10. The summed E-state index contributed by atoms with van der Waals surface area (Å²) in [5, 5.41) is 1.26. The molecular formula is C15H14N2. The fraction of sp³-hybridized carbons (Fsp3) is 0.0667. The predicted molar refractivity (Wildman–Crippen MR) is 72.9 cm³/mol. The molecule has 1 aromatic heterocycles. The molecule has 3 rings (SSSR count). The van der Waals surface area contributed by atoms with Gasteiger partial charge in [0.1, 0.15) is 0 Å². The van der Waals surface area contributed by atoms with Gasteiger partial charge < -0.3 is 10.7 Å². The number of aryl methyl sites for hydroxylation is 1. The number of aromatic amines is 1. The van der Waals surface area contributed by atoms with Crippen molar-refractivity contribution in [3.8, 4) is 11.1 Å². The minimum absolute atomic E-state index is 0.797. The van der Waals surface area contributed by atoms with Crippen molar-refractivity contribution in [2.24, 2.45) is 0 Å². The normalized spacial score (nSPS) is 10.9. The van der Waals surface area contributed by atoms with Crippen LogP contribution in [-0.2, 0) is 0 Å². The second-order valence-corrected chi connectivity index (χ2v) is 4.29. The van der Waals surface area contributed by atoms with Crippen LogP contribution < -0.4 is 5.73 Å². The molecule has 0 amide bonds. The maximum atomic E-state index is 5.72. The van der Waals surface area contributed by atoms with Gasteiger partial charge in [-0.15, -0.1) is 0 Å². The fourth-order valence-electron chi connectivity index (χ4n) is 2.30. The molecule has 0 bridgehead atoms. The lowest BCUT2D eigenvalue weighted by molar-refractivity contribution is 1.30. The smallest absolute Gasteiger partial charge is 0.0462 e. The Balaban J connectivity index is 2.29. The van der Waals surface area contributed by atoms with Crippen LogP contribution in [0.1, 0.15) is 5.69 Å². The summed E-state index contributed by atoms with van der Waals surface area (Å²) in [4.78, 5) is 3.41. The summed E-state index contributed by atoms with van der Waals surface area (Å²) < 4.78 is 0. The van der Waals surface area contributed by atoms with Crippen molar-refractivity contribution in [3.05, 3.63) is 54.2 Å². The Morgan fingerprint density at radius 2 is 1.65 bits per heavy atom. The monoisotopic (exact) mass is 222 g/mol. The van der Waals surface area contributed by atoms with Crippen molar-refractivity contribution >= 4 is 16.6 Å². The highest BCUT2D eigenvalue weighted by molar-refractivity contribution is 5.97. The molecule has 0 aliphatic carbocycles. The molecule has 17 heavy (non-hydrogen) atoms. The first-order chi connectivity index (χ1) is 8.25. The first kappa shape index (κ1) is 9.97. The minimum Gasteiger partial charge on any atom is -0.399 e. The molecular weight excluding hydrogens is 208 g/mol. The summed E-state index contributed by atoms with van der Waals surface area (Å²) in [6, 6.07) is 16.4. The van der Waals surface area contributed by atoms with E-state index in [1.54, 1.807) is 0 Å². The van der Waals surface area contributed by atoms with Gasteiger partial charge in [0.15, 0.2) is 0 Å². The van der Waals surface area contributed by atoms with Crippen LogP contribution in [0.4, 0.5) is 5.69 Å². The van der Waals surface area contributed by atoms with Crippen LogP contribution in [0.3, 0.4) is 0 Å². The van der Waals surface area contributed by atoms with E-state index in [9.17, 15) is 0 Å². The van der Waals surface area contributed by atoms with Crippen molar-refractivity contribution in [3.63, 3.8) is 0 Å². The van der Waals surface area contributed by atoms with Crippen molar-refractivity contribution in [2.45, 2.75) is 6.92 Å². The van der Waals surface area contributed by atoms with Crippen LogP contribution >= 0.6 is 0 Å². The van der Waals surface area contributed by atoms with E-state index in [-0.39, 0.29) is 0 Å². The van der Waals surface area contributed by atoms with Crippen LogP contribution in [0.15, 0.2) is 48.5 Å². The minimum atomic E-state index is 0.797. The van der Waals surface area contributed by atoms with Gasteiger partial charge in [0.25, 0.3) is 0 Å². The maximum Gasteiger partial charge on any atom is 0.0462 e. The Morgan fingerprint density at radius 3 is 2.41 bits per heavy atom. The third-order valence-electron chi connectivity index (χ3n) is 3.09. The van der Waals surface area contributed by atoms with Crippen LogP contribution in [0, 0.1) is 6.92 Å². The van der Waals surface area contributed by atoms with Crippen LogP contribution in [-0.4, -0.2) is 4.98 Å². The van der Waals surface area contributed by atoms with Gasteiger partial charge in [0.2, 0.25) is 0 Å². The lowest BCUT2D eigenvalue weighted by atomic mass is 10.0. The number of anilines is 1. The van der Waals surface area contributed by atoms with E-state index in [0.29, 0.717) is 0 Å². The van der Waals surface area contributed by atoms with Crippen molar-refractivity contribution in [1.82, 2.24) is 4.98 Å². The highest BCUT2D eigenvalue weighted by Gasteiger charge is 2.09. The topological polar surface area (TPSA) is 41.8 Å². The quantitative estimate of drug-likeness (QED) is 0.605. The van der Waals surface area contributed by atoms with Gasteiger partial charge in [-0.1, -0.05) is 30.3 Å². The lowest BCUT2D eigenvalue weighted by Gasteiger charge is -2.02. The molecule has 0 atom stereocenters. The number of rotatable bonds is 1. The molecule has 0 aliphatic heterocycles. The zero-order valence-corrected chi connectivity index (χ0v) is 9.70. The Bertz CT molecular complexity index is 663. The zero-order chi connectivity index (χ0) is 11.8. The van der Waals surface area contributed by atoms with E-state index in [4.69, 9.17) is 5.73 Å². The Labute approximate surface area is 100 Å². The molecule has 0 spiro atoms. The second kappa shape index (κ2) is 3.67. The largest absolute Gasteiger partial charge is 0.399 e. The van der Waals surface area contributed by atoms with E-state index in [0.717, 1.165) is 5.69 Å². The summed E-state index contributed by atoms with van der Waals surface area (Å²) in [5.74, 6) is 0. The highest BCUT2D eigenvalue weighted by Crippen LogP contribution is 2.32. The third kappa shape index (κ3) is 1.58. The van der Waals surface area contributed by atoms with Gasteiger partial charge in [-0.25, -0.2) is 0 Å². The number of para-hydroxylation sites is 1. The first-order valence-electron chi connectivity index (χ1n) is 5.69. The number of nitrogen functional groups attached to an aromatic ring is 1. The molecule has 0 saturated carbocycles. The van der Waals surface area contributed by atoms with Crippen molar-refractivity contribution < 1.29 is 0 Å². The molecule has 2 nitrogen and oxygen atoms in total. The summed E-state index contributed by atoms with van der Waals surface area (Å²) >= 11 is 0. The Kier molecular flexibility index (Phi) is 2.15. The molecule has 1 heterocycles. The number of nitrogens with two attached hydrogens (primary N) is 1. The summed E-state index contributed by atoms with van der Waals surface area (Å²) in [7, 11) is 0. The van der Waals surface area contributed by atoms with Gasteiger partial charge in [0, 0.05) is 27.8 Å². The van der Waals surface area contributed by atoms with E-state index >= 15 is 0 Å². The van der Waals surface area contributed by atoms with Crippen molar-refractivity contribution in [2.75, 3.05) is 5.73 Å². The van der Waals surface area contributed by atoms with Gasteiger partial charge in [0.05, 0.1) is 0 Å². The summed E-state index contributed by atoms with van der Waals surface area (Å²) in [5.41, 5.74) is 11.4. The number of hydrogen-bond acceptors (Lipinski definition) is 1. The maximum absolute atomic E-state index is 5.72. The number of benzene rings is 2. The fourth-order valence-corrected chi connectivity index (χ4v) is 2.30. The molecule has 2 aromatic carbocycles. The number of fused-ring (bicyclic) bond motifs is 1. The molecule has 2 heteroatoms.